The second kappa shape index (κ2) is 9.31. The first-order valence-electron chi connectivity index (χ1n) is 6.32. The average Bonchev–Trinajstić information content (AvgIpc) is 2.37. The van der Waals surface area contributed by atoms with Gasteiger partial charge in [0.1, 0.15) is 5.75 Å². The fraction of sp³-hybridized carbons (Fsp3) is 0.571. The molecule has 1 rings (SSSR count). The molecule has 0 aromatic heterocycles. The molecule has 0 saturated heterocycles. The van der Waals surface area contributed by atoms with Crippen LogP contribution in [0.2, 0.25) is 0 Å². The van der Waals surface area contributed by atoms with Gasteiger partial charge < -0.3 is 19.3 Å². The minimum absolute atomic E-state index is 0.541. The van der Waals surface area contributed by atoms with Crippen molar-refractivity contribution in [2.75, 3.05) is 33.5 Å². The van der Waals surface area contributed by atoms with Crippen LogP contribution in [0.5, 0.6) is 5.75 Å². The van der Waals surface area contributed by atoms with Gasteiger partial charge in [0.2, 0.25) is 0 Å². The van der Waals surface area contributed by atoms with Crippen molar-refractivity contribution < 1.29 is 19.3 Å². The van der Waals surface area contributed by atoms with Gasteiger partial charge >= 0.3 is 0 Å². The first kappa shape index (κ1) is 16.4. The van der Waals surface area contributed by atoms with Crippen molar-refractivity contribution in [3.8, 4) is 5.75 Å². The van der Waals surface area contributed by atoms with Crippen LogP contribution in [0.1, 0.15) is 25.0 Å². The van der Waals surface area contributed by atoms with Gasteiger partial charge in [-0.3, -0.25) is 0 Å². The lowest BCUT2D eigenvalue weighted by Gasteiger charge is -2.14. The van der Waals surface area contributed by atoms with Gasteiger partial charge in [-0.15, -0.1) is 0 Å². The zero-order valence-electron chi connectivity index (χ0n) is 11.4. The van der Waals surface area contributed by atoms with Crippen LogP contribution < -0.4 is 4.74 Å². The molecule has 0 saturated carbocycles. The second-order valence-electron chi connectivity index (χ2n) is 4.17. The predicted octanol–water partition coefficient (Wildman–Crippen LogP) is 2.93. The Morgan fingerprint density at radius 3 is 2.68 bits per heavy atom. The summed E-state index contributed by atoms with van der Waals surface area (Å²) in [6.07, 6.45) is 0.260. The molecule has 4 nitrogen and oxygen atoms in total. The van der Waals surface area contributed by atoms with Crippen LogP contribution in [0.4, 0.5) is 0 Å². The molecule has 0 aliphatic heterocycles. The highest BCUT2D eigenvalue weighted by Crippen LogP contribution is 2.28. The predicted molar refractivity (Wildman–Crippen MR) is 77.6 cm³/mol. The van der Waals surface area contributed by atoms with Gasteiger partial charge in [-0.1, -0.05) is 22.0 Å². The number of rotatable bonds is 9. The number of hydrogen-bond acceptors (Lipinski definition) is 4. The van der Waals surface area contributed by atoms with E-state index in [-0.39, 0.29) is 0 Å². The SMILES string of the molecule is COCCOCCCOc1cc(Br)ccc1[C@@H](C)O. The third-order valence-electron chi connectivity index (χ3n) is 2.55. The Bertz CT molecular complexity index is 368. The van der Waals surface area contributed by atoms with Crippen LogP contribution >= 0.6 is 15.9 Å². The van der Waals surface area contributed by atoms with E-state index in [4.69, 9.17) is 14.2 Å². The summed E-state index contributed by atoms with van der Waals surface area (Å²) in [5.74, 6) is 0.710. The Morgan fingerprint density at radius 1 is 1.21 bits per heavy atom. The van der Waals surface area contributed by atoms with Crippen molar-refractivity contribution in [1.29, 1.82) is 0 Å². The molecular weight excluding hydrogens is 312 g/mol. The normalized spacial score (nSPS) is 12.4. The zero-order chi connectivity index (χ0) is 14.1. The number of ether oxygens (including phenoxy) is 3. The van der Waals surface area contributed by atoms with Gasteiger partial charge in [0.15, 0.2) is 0 Å². The molecule has 1 aromatic rings. The molecule has 0 amide bonds. The molecule has 0 radical (unpaired) electrons. The Kier molecular flexibility index (Phi) is 8.05. The van der Waals surface area contributed by atoms with Crippen molar-refractivity contribution in [2.24, 2.45) is 0 Å². The smallest absolute Gasteiger partial charge is 0.126 e. The summed E-state index contributed by atoms with van der Waals surface area (Å²) in [7, 11) is 1.65. The number of aliphatic hydroxyl groups is 1. The third-order valence-corrected chi connectivity index (χ3v) is 3.04. The fourth-order valence-corrected chi connectivity index (χ4v) is 1.91. The van der Waals surface area contributed by atoms with Gasteiger partial charge in [0.25, 0.3) is 0 Å². The van der Waals surface area contributed by atoms with Crippen LogP contribution in [0.25, 0.3) is 0 Å². The molecule has 0 unspecified atom stereocenters. The molecule has 0 aliphatic rings. The first-order chi connectivity index (χ1) is 9.15. The highest BCUT2D eigenvalue weighted by Gasteiger charge is 2.09. The standard InChI is InChI=1S/C14H21BrO4/c1-11(16)13-5-4-12(15)10-14(13)19-7-3-6-18-9-8-17-2/h4-5,10-11,16H,3,6-9H2,1-2H3/t11-/m1/s1. The summed E-state index contributed by atoms with van der Waals surface area (Å²) in [5, 5.41) is 9.66. The van der Waals surface area contributed by atoms with Crippen molar-refractivity contribution >= 4 is 15.9 Å². The fourth-order valence-electron chi connectivity index (χ4n) is 1.57. The lowest BCUT2D eigenvalue weighted by atomic mass is 10.1. The van der Waals surface area contributed by atoms with Crippen LogP contribution in [0.3, 0.4) is 0 Å². The third kappa shape index (κ3) is 6.38. The van der Waals surface area contributed by atoms with Crippen molar-refractivity contribution in [2.45, 2.75) is 19.4 Å². The van der Waals surface area contributed by atoms with E-state index in [0.29, 0.717) is 32.2 Å². The maximum absolute atomic E-state index is 9.66. The summed E-state index contributed by atoms with van der Waals surface area (Å²) in [6, 6.07) is 5.62. The molecular formula is C14H21BrO4. The summed E-state index contributed by atoms with van der Waals surface area (Å²) in [6.45, 7) is 4.14. The van der Waals surface area contributed by atoms with Gasteiger partial charge in [0, 0.05) is 30.2 Å². The summed E-state index contributed by atoms with van der Waals surface area (Å²) in [5.41, 5.74) is 0.795. The van der Waals surface area contributed by atoms with E-state index < -0.39 is 6.10 Å². The molecule has 1 N–H and O–H groups in total. The molecule has 0 fully saturated rings. The first-order valence-corrected chi connectivity index (χ1v) is 7.11. The van der Waals surface area contributed by atoms with E-state index >= 15 is 0 Å². The molecule has 1 atom stereocenters. The maximum atomic E-state index is 9.66. The van der Waals surface area contributed by atoms with Crippen LogP contribution in [0.15, 0.2) is 22.7 Å². The summed E-state index contributed by atoms with van der Waals surface area (Å²) < 4.78 is 16.9. The molecule has 19 heavy (non-hydrogen) atoms. The maximum Gasteiger partial charge on any atom is 0.126 e. The molecule has 0 heterocycles. The topological polar surface area (TPSA) is 47.9 Å². The van der Waals surface area contributed by atoms with Crippen molar-refractivity contribution in [3.63, 3.8) is 0 Å². The van der Waals surface area contributed by atoms with E-state index in [1.807, 2.05) is 18.2 Å². The number of aliphatic hydroxyl groups excluding tert-OH is 1. The minimum Gasteiger partial charge on any atom is -0.493 e. The summed E-state index contributed by atoms with van der Waals surface area (Å²) >= 11 is 3.40. The monoisotopic (exact) mass is 332 g/mol. The highest BCUT2D eigenvalue weighted by molar-refractivity contribution is 9.10. The average molecular weight is 333 g/mol. The van der Waals surface area contributed by atoms with Crippen LogP contribution in [-0.4, -0.2) is 38.6 Å². The quantitative estimate of drug-likeness (QED) is 0.706. The Hall–Kier alpha value is -0.620. The highest BCUT2D eigenvalue weighted by atomic mass is 79.9. The van der Waals surface area contributed by atoms with Crippen LogP contribution in [-0.2, 0) is 9.47 Å². The molecule has 0 aliphatic carbocycles. The van der Waals surface area contributed by atoms with Gasteiger partial charge in [-0.2, -0.15) is 0 Å². The van der Waals surface area contributed by atoms with E-state index in [0.717, 1.165) is 16.5 Å². The Morgan fingerprint density at radius 2 is 2.00 bits per heavy atom. The lowest BCUT2D eigenvalue weighted by Crippen LogP contribution is -2.08. The van der Waals surface area contributed by atoms with Crippen molar-refractivity contribution in [1.82, 2.24) is 0 Å². The van der Waals surface area contributed by atoms with Gasteiger partial charge in [0.05, 0.1) is 25.9 Å². The number of halogens is 1. The molecule has 108 valence electrons. The number of benzene rings is 1. The van der Waals surface area contributed by atoms with E-state index in [2.05, 4.69) is 15.9 Å². The number of methoxy groups -OCH3 is 1. The summed E-state index contributed by atoms with van der Waals surface area (Å²) in [4.78, 5) is 0. The van der Waals surface area contributed by atoms with Crippen molar-refractivity contribution in [3.05, 3.63) is 28.2 Å². The van der Waals surface area contributed by atoms with E-state index in [1.54, 1.807) is 14.0 Å². The van der Waals surface area contributed by atoms with Gasteiger partial charge in [-0.05, 0) is 19.1 Å². The molecule has 0 bridgehead atoms. The van der Waals surface area contributed by atoms with E-state index in [9.17, 15) is 5.11 Å². The lowest BCUT2D eigenvalue weighted by molar-refractivity contribution is 0.0642. The second-order valence-corrected chi connectivity index (χ2v) is 5.08. The largest absolute Gasteiger partial charge is 0.493 e. The molecule has 5 heteroatoms. The Balaban J connectivity index is 2.34. The van der Waals surface area contributed by atoms with Crippen LogP contribution in [0, 0.1) is 0 Å². The zero-order valence-corrected chi connectivity index (χ0v) is 13.0. The molecule has 1 aromatic carbocycles. The Labute approximate surface area is 122 Å². The van der Waals surface area contributed by atoms with Gasteiger partial charge in [-0.25, -0.2) is 0 Å². The minimum atomic E-state index is -0.541. The molecule has 0 spiro atoms. The number of hydrogen-bond donors (Lipinski definition) is 1. The van der Waals surface area contributed by atoms with E-state index in [1.165, 1.54) is 0 Å².